The van der Waals surface area contributed by atoms with E-state index in [4.69, 9.17) is 4.74 Å². The molecule has 176 valence electrons. The molecule has 8 nitrogen and oxygen atoms in total. The van der Waals surface area contributed by atoms with Crippen molar-refractivity contribution in [2.75, 3.05) is 26.7 Å². The Hall–Kier alpha value is -2.99. The number of hydrogen-bond donors (Lipinski definition) is 2. The molecule has 1 aliphatic heterocycles. The van der Waals surface area contributed by atoms with Crippen LogP contribution in [0.15, 0.2) is 36.7 Å². The molecular weight excluding hydrogens is 420 g/mol. The Kier molecular flexibility index (Phi) is 8.39. The van der Waals surface area contributed by atoms with Crippen LogP contribution in [0.25, 0.3) is 0 Å². The predicted molar refractivity (Wildman–Crippen MR) is 125 cm³/mol. The van der Waals surface area contributed by atoms with Crippen LogP contribution in [0.2, 0.25) is 0 Å². The first-order valence-electron chi connectivity index (χ1n) is 11.1. The van der Waals surface area contributed by atoms with Crippen LogP contribution in [-0.2, 0) is 6.54 Å². The average Bonchev–Trinajstić information content (AvgIpc) is 2.80. The lowest BCUT2D eigenvalue weighted by Gasteiger charge is -2.37. The van der Waals surface area contributed by atoms with Gasteiger partial charge in [0.05, 0.1) is 18.3 Å². The van der Waals surface area contributed by atoms with Crippen LogP contribution >= 0.6 is 0 Å². The predicted octanol–water partition coefficient (Wildman–Crippen LogP) is 1.56. The van der Waals surface area contributed by atoms with E-state index in [1.54, 1.807) is 30.3 Å². The number of carbonyl (C=O) groups excluding carboxylic acids is 1. The van der Waals surface area contributed by atoms with Gasteiger partial charge in [0.1, 0.15) is 17.8 Å². The van der Waals surface area contributed by atoms with E-state index in [1.165, 1.54) is 0 Å². The summed E-state index contributed by atoms with van der Waals surface area (Å²) >= 11 is 0. The van der Waals surface area contributed by atoms with Gasteiger partial charge in [-0.3, -0.25) is 14.7 Å². The van der Waals surface area contributed by atoms with Gasteiger partial charge < -0.3 is 19.8 Å². The Balaban J connectivity index is 1.91. The van der Waals surface area contributed by atoms with Crippen LogP contribution < -0.4 is 4.74 Å². The van der Waals surface area contributed by atoms with Gasteiger partial charge >= 0.3 is 0 Å². The number of likely N-dealkylation sites (N-methyl/N-ethyl adjacent to an activating group) is 1. The molecule has 0 bridgehead atoms. The average molecular weight is 453 g/mol. The van der Waals surface area contributed by atoms with Crippen LogP contribution in [0.5, 0.6) is 5.88 Å². The highest BCUT2D eigenvalue weighted by Crippen LogP contribution is 2.27. The fourth-order valence-electron chi connectivity index (χ4n) is 3.72. The van der Waals surface area contributed by atoms with Gasteiger partial charge in [-0.25, -0.2) is 4.98 Å². The quantitative estimate of drug-likeness (QED) is 0.642. The Labute approximate surface area is 195 Å². The van der Waals surface area contributed by atoms with Crippen LogP contribution in [-0.4, -0.2) is 80.9 Å². The van der Waals surface area contributed by atoms with E-state index in [0.717, 1.165) is 5.69 Å². The number of aromatic nitrogens is 2. The second kappa shape index (κ2) is 11.2. The maximum absolute atomic E-state index is 13.4. The number of pyridine rings is 2. The number of hydrogen-bond acceptors (Lipinski definition) is 7. The third-order valence-electron chi connectivity index (χ3n) is 5.60. The smallest absolute Gasteiger partial charge is 0.259 e. The Morgan fingerprint density at radius 2 is 2.12 bits per heavy atom. The fraction of sp³-hybridized carbons (Fsp3) is 0.480. The van der Waals surface area contributed by atoms with Crippen molar-refractivity contribution in [1.29, 1.82) is 0 Å². The first-order valence-corrected chi connectivity index (χ1v) is 11.1. The van der Waals surface area contributed by atoms with Gasteiger partial charge in [0, 0.05) is 43.5 Å². The minimum absolute atomic E-state index is 0.00112. The summed E-state index contributed by atoms with van der Waals surface area (Å²) in [5.41, 5.74) is 1.78. The summed E-state index contributed by atoms with van der Waals surface area (Å²) in [5, 5.41) is 19.2. The Morgan fingerprint density at radius 1 is 1.33 bits per heavy atom. The SMILES string of the molecule is C[C@H](O)C#Cc1cnc2c(c1)C(=O)N([C@@H](C)CO)C[C@@H](C)[C@@H](CN(C)Cc1ccccn1)O2. The van der Waals surface area contributed by atoms with Crippen LogP contribution in [0.4, 0.5) is 0 Å². The molecule has 0 aromatic carbocycles. The second-order valence-electron chi connectivity index (χ2n) is 8.66. The zero-order valence-electron chi connectivity index (χ0n) is 19.6. The lowest BCUT2D eigenvalue weighted by atomic mass is 10.00. The van der Waals surface area contributed by atoms with E-state index in [0.29, 0.717) is 30.8 Å². The van der Waals surface area contributed by atoms with E-state index in [1.807, 2.05) is 39.1 Å². The standard InChI is InChI=1S/C25H32N4O4/c1-17-13-29(18(2)16-30)25(32)22-11-20(9-8-19(3)31)12-27-24(22)33-23(17)15-28(4)14-21-7-5-6-10-26-21/h5-7,10-12,17-19,23,30-31H,13-16H2,1-4H3/t17-,18+,19+,23-/m1/s1. The van der Waals surface area contributed by atoms with Crippen molar-refractivity contribution in [1.82, 2.24) is 19.8 Å². The van der Waals surface area contributed by atoms with E-state index >= 15 is 0 Å². The van der Waals surface area contributed by atoms with Gasteiger partial charge in [0.25, 0.3) is 5.91 Å². The number of carbonyl (C=O) groups is 1. The molecule has 2 aromatic rings. The fourth-order valence-corrected chi connectivity index (χ4v) is 3.72. The van der Waals surface area contributed by atoms with Crippen molar-refractivity contribution < 1.29 is 19.7 Å². The molecule has 2 N–H and O–H groups in total. The highest BCUT2D eigenvalue weighted by atomic mass is 16.5. The molecular formula is C25H32N4O4. The minimum Gasteiger partial charge on any atom is -0.472 e. The molecule has 8 heteroatoms. The number of aliphatic hydroxyl groups is 2. The highest BCUT2D eigenvalue weighted by Gasteiger charge is 2.34. The number of fused-ring (bicyclic) bond motifs is 1. The van der Waals surface area contributed by atoms with Gasteiger partial charge in [-0.2, -0.15) is 0 Å². The van der Waals surface area contributed by atoms with Gasteiger partial charge in [0.15, 0.2) is 0 Å². The number of amides is 1. The lowest BCUT2D eigenvalue weighted by molar-refractivity contribution is 0.0324. The molecule has 0 fully saturated rings. The van der Waals surface area contributed by atoms with Crippen molar-refractivity contribution in [3.05, 3.63) is 53.5 Å². The van der Waals surface area contributed by atoms with Gasteiger partial charge in [-0.15, -0.1) is 0 Å². The number of nitrogens with zero attached hydrogens (tertiary/aromatic N) is 4. The molecule has 0 radical (unpaired) electrons. The van der Waals surface area contributed by atoms with E-state index in [9.17, 15) is 15.0 Å². The molecule has 4 atom stereocenters. The summed E-state index contributed by atoms with van der Waals surface area (Å²) in [6, 6.07) is 7.12. The summed E-state index contributed by atoms with van der Waals surface area (Å²) in [4.78, 5) is 26.0. The summed E-state index contributed by atoms with van der Waals surface area (Å²) in [6.45, 7) is 6.99. The van der Waals surface area contributed by atoms with Crippen molar-refractivity contribution in [2.45, 2.75) is 45.6 Å². The Bertz CT molecular complexity index is 1000. The van der Waals surface area contributed by atoms with E-state index < -0.39 is 6.10 Å². The normalized spacial score (nSPS) is 20.1. The molecule has 2 aromatic heterocycles. The lowest BCUT2D eigenvalue weighted by Crippen LogP contribution is -2.49. The van der Waals surface area contributed by atoms with Gasteiger partial charge in [0.2, 0.25) is 5.88 Å². The molecule has 1 aliphatic rings. The van der Waals surface area contributed by atoms with Crippen molar-refractivity contribution in [2.24, 2.45) is 5.92 Å². The third-order valence-corrected chi connectivity index (χ3v) is 5.60. The molecule has 0 saturated heterocycles. The Morgan fingerprint density at radius 3 is 2.79 bits per heavy atom. The highest BCUT2D eigenvalue weighted by molar-refractivity contribution is 5.97. The van der Waals surface area contributed by atoms with Gasteiger partial charge in [-0.1, -0.05) is 24.8 Å². The minimum atomic E-state index is -0.787. The van der Waals surface area contributed by atoms with Crippen LogP contribution in [0.1, 0.15) is 42.4 Å². The van der Waals surface area contributed by atoms with Crippen molar-refractivity contribution in [3.8, 4) is 17.7 Å². The zero-order chi connectivity index (χ0) is 24.0. The summed E-state index contributed by atoms with van der Waals surface area (Å²) < 4.78 is 6.29. The molecule has 1 amide bonds. The third kappa shape index (κ3) is 6.51. The first-order chi connectivity index (χ1) is 15.8. The molecule has 3 heterocycles. The maximum atomic E-state index is 13.4. The molecule has 33 heavy (non-hydrogen) atoms. The number of aliphatic hydroxyl groups excluding tert-OH is 2. The van der Waals surface area contributed by atoms with Crippen molar-refractivity contribution in [3.63, 3.8) is 0 Å². The molecule has 3 rings (SSSR count). The summed E-state index contributed by atoms with van der Waals surface area (Å²) in [7, 11) is 2.01. The number of rotatable bonds is 6. The molecule has 0 unspecified atom stereocenters. The molecule has 0 spiro atoms. The van der Waals surface area contributed by atoms with E-state index in [2.05, 4.69) is 26.7 Å². The first kappa shape index (κ1) is 24.6. The van der Waals surface area contributed by atoms with E-state index in [-0.39, 0.29) is 36.5 Å². The van der Waals surface area contributed by atoms with Crippen molar-refractivity contribution >= 4 is 5.91 Å². The summed E-state index contributed by atoms with van der Waals surface area (Å²) in [6.07, 6.45) is 2.30. The second-order valence-corrected chi connectivity index (χ2v) is 8.66. The molecule has 0 saturated carbocycles. The summed E-state index contributed by atoms with van der Waals surface area (Å²) in [5.74, 6) is 5.50. The monoisotopic (exact) mass is 452 g/mol. The topological polar surface area (TPSA) is 99.0 Å². The zero-order valence-corrected chi connectivity index (χ0v) is 19.6. The molecule has 0 aliphatic carbocycles. The maximum Gasteiger partial charge on any atom is 0.259 e. The number of ether oxygens (including phenoxy) is 1. The van der Waals surface area contributed by atoms with Crippen LogP contribution in [0, 0.1) is 17.8 Å². The largest absolute Gasteiger partial charge is 0.472 e. The van der Waals surface area contributed by atoms with Crippen LogP contribution in [0.3, 0.4) is 0 Å². The van der Waals surface area contributed by atoms with Gasteiger partial charge in [-0.05, 0) is 39.1 Å².